The van der Waals surface area contributed by atoms with Crippen molar-refractivity contribution in [2.24, 2.45) is 5.92 Å². The van der Waals surface area contributed by atoms with Gasteiger partial charge in [0, 0.05) is 38.7 Å². The van der Waals surface area contributed by atoms with Crippen LogP contribution in [0.3, 0.4) is 0 Å². The summed E-state index contributed by atoms with van der Waals surface area (Å²) in [6.45, 7) is 0.722. The monoisotopic (exact) mass is 506 g/mol. The third-order valence-corrected chi connectivity index (χ3v) is 9.11. The zero-order valence-electron chi connectivity index (χ0n) is 18.2. The van der Waals surface area contributed by atoms with Crippen molar-refractivity contribution in [3.63, 3.8) is 0 Å². The number of piperidine rings is 1. The summed E-state index contributed by atoms with van der Waals surface area (Å²) in [5.41, 5.74) is 0.0886. The Kier molecular flexibility index (Phi) is 5.88. The van der Waals surface area contributed by atoms with E-state index in [0.717, 1.165) is 0 Å². The van der Waals surface area contributed by atoms with Crippen molar-refractivity contribution in [1.29, 1.82) is 0 Å². The second-order valence-corrected chi connectivity index (χ2v) is 11.6. The Labute approximate surface area is 193 Å². The van der Waals surface area contributed by atoms with Crippen molar-refractivity contribution in [3.05, 3.63) is 18.1 Å². The molecule has 0 unspecified atom stereocenters. The standard InChI is InChI=1S/C20H26F4N6O3S/c21-14-7-18(28-5-3-12(10-28)8-20(22,23)24)30-16(14)9-25-19(27-30)26-15-4-6-29(11-17(15)31)34(32,33)13-1-2-13/h7,9,12-13,15,17,31H,1-6,8,10-11H2,(H,26,27)/t12-,15-,17-/m1/s1. The number of halogens is 4. The third-order valence-electron chi connectivity index (χ3n) is 6.74. The van der Waals surface area contributed by atoms with Gasteiger partial charge in [-0.15, -0.1) is 5.10 Å². The van der Waals surface area contributed by atoms with Gasteiger partial charge in [0.25, 0.3) is 0 Å². The number of anilines is 2. The number of fused-ring (bicyclic) bond motifs is 1. The van der Waals surface area contributed by atoms with E-state index in [0.29, 0.717) is 38.0 Å². The molecule has 1 saturated carbocycles. The largest absolute Gasteiger partial charge is 0.390 e. The molecule has 0 radical (unpaired) electrons. The molecule has 3 aliphatic rings. The first kappa shape index (κ1) is 23.5. The maximum atomic E-state index is 14.5. The van der Waals surface area contributed by atoms with Gasteiger partial charge in [0.2, 0.25) is 16.0 Å². The smallest absolute Gasteiger partial charge is 0.389 e. The lowest BCUT2D eigenvalue weighted by atomic mass is 10.0. The van der Waals surface area contributed by atoms with Gasteiger partial charge < -0.3 is 15.3 Å². The highest BCUT2D eigenvalue weighted by Gasteiger charge is 2.43. The summed E-state index contributed by atoms with van der Waals surface area (Å²) in [7, 11) is -3.38. The van der Waals surface area contributed by atoms with E-state index in [1.807, 2.05) is 0 Å². The van der Waals surface area contributed by atoms with Crippen molar-refractivity contribution in [2.75, 3.05) is 36.4 Å². The van der Waals surface area contributed by atoms with Crippen LogP contribution < -0.4 is 10.2 Å². The van der Waals surface area contributed by atoms with E-state index in [-0.39, 0.29) is 36.3 Å². The molecule has 9 nitrogen and oxygen atoms in total. The van der Waals surface area contributed by atoms with Gasteiger partial charge >= 0.3 is 6.18 Å². The highest BCUT2D eigenvalue weighted by molar-refractivity contribution is 7.90. The highest BCUT2D eigenvalue weighted by atomic mass is 32.2. The van der Waals surface area contributed by atoms with Gasteiger partial charge in [-0.3, -0.25) is 0 Å². The fourth-order valence-electron chi connectivity index (χ4n) is 4.81. The Balaban J connectivity index is 1.30. The second-order valence-electron chi connectivity index (χ2n) is 9.36. The van der Waals surface area contributed by atoms with Crippen molar-refractivity contribution in [2.45, 2.75) is 55.7 Å². The SMILES string of the molecule is O=S(=O)(C1CC1)N1CC[C@@H](Nc2ncc3c(F)cc(N4CC[C@H](CC(F)(F)F)C4)n3n2)[C@H](O)C1. The molecule has 4 heterocycles. The summed E-state index contributed by atoms with van der Waals surface area (Å²) in [5.74, 6) is -0.703. The number of aliphatic hydroxyl groups excluding tert-OH is 1. The Bertz CT molecular complexity index is 1170. The van der Waals surface area contributed by atoms with E-state index in [9.17, 15) is 31.1 Å². The van der Waals surface area contributed by atoms with Crippen LogP contribution in [0, 0.1) is 11.7 Å². The van der Waals surface area contributed by atoms with E-state index in [4.69, 9.17) is 0 Å². The molecule has 0 amide bonds. The molecule has 2 N–H and O–H groups in total. The predicted molar refractivity (Wildman–Crippen MR) is 115 cm³/mol. The van der Waals surface area contributed by atoms with Crippen LogP contribution in [0.15, 0.2) is 12.3 Å². The molecule has 2 saturated heterocycles. The van der Waals surface area contributed by atoms with Crippen LogP contribution in [0.1, 0.15) is 32.1 Å². The summed E-state index contributed by atoms with van der Waals surface area (Å²) in [6, 6.07) is 0.731. The Hall–Kier alpha value is -2.19. The number of β-amino-alcohol motifs (C(OH)–C–C–N with tert-alkyl or cyclic N) is 1. The van der Waals surface area contributed by atoms with Crippen LogP contribution in [-0.2, 0) is 10.0 Å². The van der Waals surface area contributed by atoms with Gasteiger partial charge in [0.05, 0.1) is 23.6 Å². The van der Waals surface area contributed by atoms with Gasteiger partial charge in [0.1, 0.15) is 11.3 Å². The quantitative estimate of drug-likeness (QED) is 0.578. The number of hydrogen-bond acceptors (Lipinski definition) is 7. The van der Waals surface area contributed by atoms with Crippen molar-refractivity contribution in [3.8, 4) is 0 Å². The Morgan fingerprint density at radius 1 is 1.15 bits per heavy atom. The lowest BCUT2D eigenvalue weighted by molar-refractivity contribution is -0.142. The van der Waals surface area contributed by atoms with Crippen molar-refractivity contribution >= 4 is 27.3 Å². The van der Waals surface area contributed by atoms with Gasteiger partial charge in [0.15, 0.2) is 5.82 Å². The van der Waals surface area contributed by atoms with E-state index in [1.165, 1.54) is 21.1 Å². The van der Waals surface area contributed by atoms with Crippen LogP contribution >= 0.6 is 0 Å². The molecule has 0 aromatic carbocycles. The number of sulfonamides is 1. The number of aliphatic hydroxyl groups is 1. The lowest BCUT2D eigenvalue weighted by Gasteiger charge is -2.35. The normalized spacial score (nSPS) is 27.0. The van der Waals surface area contributed by atoms with Crippen LogP contribution in [0.5, 0.6) is 0 Å². The first-order valence-electron chi connectivity index (χ1n) is 11.3. The highest BCUT2D eigenvalue weighted by Crippen LogP contribution is 2.34. The number of aromatic nitrogens is 3. The fourth-order valence-corrected chi connectivity index (χ4v) is 6.68. The van der Waals surface area contributed by atoms with Crippen LogP contribution in [-0.4, -0.2) is 82.2 Å². The van der Waals surface area contributed by atoms with E-state index in [2.05, 4.69) is 15.4 Å². The Morgan fingerprint density at radius 2 is 1.91 bits per heavy atom. The molecule has 14 heteroatoms. The number of alkyl halides is 3. The van der Waals surface area contributed by atoms with Gasteiger partial charge in [-0.1, -0.05) is 0 Å². The van der Waals surface area contributed by atoms with Crippen LogP contribution in [0.4, 0.5) is 29.3 Å². The topological polar surface area (TPSA) is 103 Å². The van der Waals surface area contributed by atoms with Gasteiger partial charge in [-0.2, -0.15) is 17.5 Å². The molecule has 188 valence electrons. The van der Waals surface area contributed by atoms with E-state index >= 15 is 0 Å². The van der Waals surface area contributed by atoms with Gasteiger partial charge in [-0.25, -0.2) is 22.3 Å². The molecule has 5 rings (SSSR count). The molecule has 0 bridgehead atoms. The molecule has 34 heavy (non-hydrogen) atoms. The molecular formula is C20H26F4N6O3S. The minimum absolute atomic E-state index is 0.0312. The molecule has 3 atom stereocenters. The van der Waals surface area contributed by atoms with E-state index < -0.39 is 46.5 Å². The average molecular weight is 507 g/mol. The summed E-state index contributed by atoms with van der Waals surface area (Å²) in [6.07, 6.45) is -2.86. The van der Waals surface area contributed by atoms with Crippen molar-refractivity contribution < 1.29 is 31.1 Å². The van der Waals surface area contributed by atoms with Crippen molar-refractivity contribution in [1.82, 2.24) is 18.9 Å². The number of nitrogens with zero attached hydrogens (tertiary/aromatic N) is 5. The average Bonchev–Trinajstić information content (AvgIpc) is 3.46. The zero-order chi connectivity index (χ0) is 24.3. The maximum absolute atomic E-state index is 14.5. The molecule has 1 aliphatic carbocycles. The molecule has 3 fully saturated rings. The summed E-state index contributed by atoms with van der Waals surface area (Å²) in [5, 5.41) is 17.5. The maximum Gasteiger partial charge on any atom is 0.389 e. The molecule has 2 aliphatic heterocycles. The number of hydrogen-bond donors (Lipinski definition) is 2. The Morgan fingerprint density at radius 3 is 2.59 bits per heavy atom. The first-order chi connectivity index (χ1) is 16.0. The predicted octanol–water partition coefficient (Wildman–Crippen LogP) is 1.99. The van der Waals surface area contributed by atoms with Crippen LogP contribution in [0.25, 0.3) is 5.52 Å². The minimum Gasteiger partial charge on any atom is -0.390 e. The second kappa shape index (κ2) is 8.48. The molecule has 2 aromatic heterocycles. The molecule has 2 aromatic rings. The van der Waals surface area contributed by atoms with Crippen LogP contribution in [0.2, 0.25) is 0 Å². The summed E-state index contributed by atoms with van der Waals surface area (Å²) < 4.78 is 80.3. The lowest BCUT2D eigenvalue weighted by Crippen LogP contribution is -2.52. The fraction of sp³-hybridized carbons (Fsp3) is 0.700. The van der Waals surface area contributed by atoms with E-state index in [1.54, 1.807) is 4.90 Å². The number of nitrogens with one attached hydrogen (secondary N) is 1. The van der Waals surface area contributed by atoms with Gasteiger partial charge in [-0.05, 0) is 31.6 Å². The number of rotatable bonds is 6. The summed E-state index contributed by atoms with van der Waals surface area (Å²) >= 11 is 0. The third kappa shape index (κ3) is 4.67. The summed E-state index contributed by atoms with van der Waals surface area (Å²) in [4.78, 5) is 5.79. The molecule has 0 spiro atoms. The minimum atomic E-state index is -4.25. The first-order valence-corrected chi connectivity index (χ1v) is 12.8. The zero-order valence-corrected chi connectivity index (χ0v) is 19.1. The molecular weight excluding hydrogens is 480 g/mol.